The number of nitro groups is 1. The Kier molecular flexibility index (Phi) is 5.11. The van der Waals surface area contributed by atoms with Gasteiger partial charge in [-0.05, 0) is 24.6 Å². The van der Waals surface area contributed by atoms with E-state index in [1.807, 2.05) is 41.8 Å². The fourth-order valence-corrected chi connectivity index (χ4v) is 3.27. The zero-order chi connectivity index (χ0) is 17.8. The molecule has 2 N–H and O–H groups in total. The van der Waals surface area contributed by atoms with E-state index in [1.54, 1.807) is 23.9 Å². The Bertz CT molecular complexity index is 863. The lowest BCUT2D eigenvalue weighted by atomic mass is 10.2. The van der Waals surface area contributed by atoms with Crippen LogP contribution in [0.2, 0.25) is 0 Å². The van der Waals surface area contributed by atoms with Crippen molar-refractivity contribution in [2.75, 3.05) is 0 Å². The van der Waals surface area contributed by atoms with Gasteiger partial charge in [0.25, 0.3) is 5.69 Å². The number of hydrogen-bond donors (Lipinski definition) is 1. The standard InChI is InChI=1S/C17H17N5O2S/c1-12(18)16-19-20-17(25-11-13-5-3-2-4-6-13)21(16)14-7-9-15(10-8-14)22(23)24/h2-10,12H,11,18H2,1H3. The summed E-state index contributed by atoms with van der Waals surface area (Å²) in [5.41, 5.74) is 7.97. The summed E-state index contributed by atoms with van der Waals surface area (Å²) in [6, 6.07) is 16.0. The number of nitrogens with two attached hydrogens (primary N) is 1. The Balaban J connectivity index is 1.93. The van der Waals surface area contributed by atoms with Gasteiger partial charge in [0.1, 0.15) is 0 Å². The zero-order valence-corrected chi connectivity index (χ0v) is 14.4. The van der Waals surface area contributed by atoms with Crippen molar-refractivity contribution in [1.82, 2.24) is 14.8 Å². The number of non-ortho nitro benzene ring substituents is 1. The maximum Gasteiger partial charge on any atom is 0.269 e. The van der Waals surface area contributed by atoms with Gasteiger partial charge in [0.2, 0.25) is 0 Å². The quantitative estimate of drug-likeness (QED) is 0.413. The van der Waals surface area contributed by atoms with E-state index in [2.05, 4.69) is 10.2 Å². The monoisotopic (exact) mass is 355 g/mol. The molecule has 3 rings (SSSR count). The van der Waals surface area contributed by atoms with Crippen molar-refractivity contribution in [2.24, 2.45) is 5.73 Å². The molecule has 1 atom stereocenters. The van der Waals surface area contributed by atoms with Crippen LogP contribution >= 0.6 is 11.8 Å². The molecule has 8 heteroatoms. The van der Waals surface area contributed by atoms with Crippen LogP contribution in [0.25, 0.3) is 5.69 Å². The van der Waals surface area contributed by atoms with Crippen LogP contribution in [0.5, 0.6) is 0 Å². The molecule has 0 fully saturated rings. The summed E-state index contributed by atoms with van der Waals surface area (Å²) in [5, 5.41) is 20.0. The Labute approximate surface area is 149 Å². The molecule has 0 aliphatic carbocycles. The number of thioether (sulfide) groups is 1. The first-order valence-corrected chi connectivity index (χ1v) is 8.67. The van der Waals surface area contributed by atoms with E-state index in [0.29, 0.717) is 11.0 Å². The lowest BCUT2D eigenvalue weighted by Gasteiger charge is -2.12. The summed E-state index contributed by atoms with van der Waals surface area (Å²) >= 11 is 1.54. The van der Waals surface area contributed by atoms with Gasteiger partial charge in [0.15, 0.2) is 11.0 Å². The van der Waals surface area contributed by atoms with E-state index in [9.17, 15) is 10.1 Å². The van der Waals surface area contributed by atoms with Gasteiger partial charge in [-0.25, -0.2) is 0 Å². The van der Waals surface area contributed by atoms with E-state index in [1.165, 1.54) is 17.7 Å². The Morgan fingerprint density at radius 3 is 2.44 bits per heavy atom. The molecule has 0 aliphatic rings. The second-order valence-electron chi connectivity index (χ2n) is 5.51. The third kappa shape index (κ3) is 3.86. The highest BCUT2D eigenvalue weighted by molar-refractivity contribution is 7.98. The molecule has 0 saturated carbocycles. The number of nitrogens with zero attached hydrogens (tertiary/aromatic N) is 4. The number of aromatic nitrogens is 3. The lowest BCUT2D eigenvalue weighted by molar-refractivity contribution is -0.384. The van der Waals surface area contributed by atoms with Crippen LogP contribution in [0, 0.1) is 10.1 Å². The second-order valence-corrected chi connectivity index (χ2v) is 6.46. The van der Waals surface area contributed by atoms with Crippen molar-refractivity contribution in [3.8, 4) is 5.69 Å². The van der Waals surface area contributed by atoms with Crippen molar-refractivity contribution in [3.05, 3.63) is 76.1 Å². The molecule has 0 bridgehead atoms. The predicted molar refractivity (Wildman–Crippen MR) is 96.6 cm³/mol. The summed E-state index contributed by atoms with van der Waals surface area (Å²) < 4.78 is 1.85. The number of benzene rings is 2. The van der Waals surface area contributed by atoms with Crippen LogP contribution < -0.4 is 5.73 Å². The molecule has 1 unspecified atom stereocenters. The predicted octanol–water partition coefficient (Wildman–Crippen LogP) is 3.49. The highest BCUT2D eigenvalue weighted by Crippen LogP contribution is 2.27. The second kappa shape index (κ2) is 7.45. The molecule has 128 valence electrons. The summed E-state index contributed by atoms with van der Waals surface area (Å²) in [4.78, 5) is 10.4. The van der Waals surface area contributed by atoms with Crippen molar-refractivity contribution in [1.29, 1.82) is 0 Å². The topological polar surface area (TPSA) is 99.9 Å². The van der Waals surface area contributed by atoms with E-state index < -0.39 is 4.92 Å². The average Bonchev–Trinajstić information content (AvgIpc) is 3.05. The van der Waals surface area contributed by atoms with Gasteiger partial charge >= 0.3 is 0 Å². The first-order chi connectivity index (χ1) is 12.1. The van der Waals surface area contributed by atoms with Crippen LogP contribution in [0.1, 0.15) is 24.4 Å². The SMILES string of the molecule is CC(N)c1nnc(SCc2ccccc2)n1-c1ccc([N+](=O)[O-])cc1. The molecule has 0 saturated heterocycles. The first-order valence-electron chi connectivity index (χ1n) is 7.68. The Morgan fingerprint density at radius 2 is 1.84 bits per heavy atom. The maximum absolute atomic E-state index is 10.9. The van der Waals surface area contributed by atoms with Crippen LogP contribution in [0.4, 0.5) is 5.69 Å². The third-order valence-corrected chi connectivity index (χ3v) is 4.60. The van der Waals surface area contributed by atoms with Crippen molar-refractivity contribution >= 4 is 17.4 Å². The van der Waals surface area contributed by atoms with Crippen molar-refractivity contribution in [2.45, 2.75) is 23.9 Å². The molecule has 0 radical (unpaired) electrons. The molecular formula is C17H17N5O2S. The van der Waals surface area contributed by atoms with E-state index in [-0.39, 0.29) is 11.7 Å². The summed E-state index contributed by atoms with van der Waals surface area (Å²) in [6.07, 6.45) is 0. The highest BCUT2D eigenvalue weighted by Gasteiger charge is 2.18. The van der Waals surface area contributed by atoms with Gasteiger partial charge in [-0.1, -0.05) is 42.1 Å². The zero-order valence-electron chi connectivity index (χ0n) is 13.6. The first kappa shape index (κ1) is 17.1. The van der Waals surface area contributed by atoms with Crippen molar-refractivity contribution in [3.63, 3.8) is 0 Å². The van der Waals surface area contributed by atoms with Crippen LogP contribution in [0.3, 0.4) is 0 Å². The maximum atomic E-state index is 10.9. The molecule has 1 aromatic heterocycles. The Hall–Kier alpha value is -2.71. The fourth-order valence-electron chi connectivity index (χ4n) is 2.36. The average molecular weight is 355 g/mol. The van der Waals surface area contributed by atoms with Crippen LogP contribution in [0.15, 0.2) is 59.8 Å². The molecule has 0 spiro atoms. The number of rotatable bonds is 6. The van der Waals surface area contributed by atoms with Gasteiger partial charge in [0, 0.05) is 23.6 Å². The normalized spacial score (nSPS) is 12.1. The van der Waals surface area contributed by atoms with Gasteiger partial charge < -0.3 is 5.73 Å². The molecule has 2 aromatic carbocycles. The molecule has 0 amide bonds. The number of hydrogen-bond acceptors (Lipinski definition) is 6. The smallest absolute Gasteiger partial charge is 0.269 e. The summed E-state index contributed by atoms with van der Waals surface area (Å²) in [6.45, 7) is 1.83. The van der Waals surface area contributed by atoms with Gasteiger partial charge in [-0.3, -0.25) is 14.7 Å². The minimum Gasteiger partial charge on any atom is -0.322 e. The minimum atomic E-state index is -0.423. The largest absolute Gasteiger partial charge is 0.322 e. The summed E-state index contributed by atoms with van der Waals surface area (Å²) in [5.74, 6) is 1.36. The fraction of sp³-hybridized carbons (Fsp3) is 0.176. The van der Waals surface area contributed by atoms with E-state index in [0.717, 1.165) is 11.4 Å². The van der Waals surface area contributed by atoms with Crippen LogP contribution in [-0.4, -0.2) is 19.7 Å². The van der Waals surface area contributed by atoms with Gasteiger partial charge in [-0.15, -0.1) is 10.2 Å². The molecule has 7 nitrogen and oxygen atoms in total. The van der Waals surface area contributed by atoms with E-state index in [4.69, 9.17) is 5.73 Å². The third-order valence-electron chi connectivity index (χ3n) is 3.60. The summed E-state index contributed by atoms with van der Waals surface area (Å²) in [7, 11) is 0. The molecule has 1 heterocycles. The lowest BCUT2D eigenvalue weighted by Crippen LogP contribution is -2.13. The molecule has 0 aliphatic heterocycles. The molecular weight excluding hydrogens is 338 g/mol. The molecule has 3 aromatic rings. The Morgan fingerprint density at radius 1 is 1.16 bits per heavy atom. The van der Waals surface area contributed by atoms with Gasteiger partial charge in [-0.2, -0.15) is 0 Å². The minimum absolute atomic E-state index is 0.0395. The van der Waals surface area contributed by atoms with Crippen molar-refractivity contribution < 1.29 is 4.92 Å². The van der Waals surface area contributed by atoms with Crippen LogP contribution in [-0.2, 0) is 5.75 Å². The van der Waals surface area contributed by atoms with E-state index >= 15 is 0 Å². The number of nitro benzene ring substituents is 1. The molecule has 25 heavy (non-hydrogen) atoms. The highest BCUT2D eigenvalue weighted by atomic mass is 32.2. The van der Waals surface area contributed by atoms with Gasteiger partial charge in [0.05, 0.1) is 11.0 Å².